The Labute approximate surface area is 121 Å². The number of ether oxygens (including phenoxy) is 2. The van der Waals surface area contributed by atoms with Crippen LogP contribution in [0, 0.1) is 0 Å². The molecule has 3 unspecified atom stereocenters. The highest BCUT2D eigenvalue weighted by molar-refractivity contribution is 14.1. The fourth-order valence-corrected chi connectivity index (χ4v) is 3.10. The highest BCUT2D eigenvalue weighted by atomic mass is 127. The van der Waals surface area contributed by atoms with Crippen LogP contribution in [-0.4, -0.2) is 48.1 Å². The highest BCUT2D eigenvalue weighted by Gasteiger charge is 2.50. The molecule has 0 saturated carbocycles. The molecule has 2 radical (unpaired) electrons. The van der Waals surface area contributed by atoms with Crippen molar-refractivity contribution in [2.45, 2.75) is 37.7 Å². The molecule has 1 fully saturated rings. The number of hydrogen-bond donors (Lipinski definition) is 2. The standard InChI is InChI=1S/C9H15BIO6P/c1-3-15-6-7(17-11)9(2,16-8(6)10)4-5-18(12,13)14/h4-8H,3H2,1-2H3,(H2,12,13,14)/b5-4+/t6?,7?,8?,9-/m1/s1. The molecule has 0 aromatic rings. The van der Waals surface area contributed by atoms with Gasteiger partial charge in [-0.3, -0.25) is 4.57 Å². The second kappa shape index (κ2) is 6.34. The first-order valence-corrected chi connectivity index (χ1v) is 7.88. The topological polar surface area (TPSA) is 85.2 Å². The third-order valence-corrected chi connectivity index (χ3v) is 3.72. The predicted octanol–water partition coefficient (Wildman–Crippen LogP) is 1.10. The molecule has 102 valence electrons. The molecular formula is C9H15BIO6P. The van der Waals surface area contributed by atoms with E-state index in [-0.39, 0.29) is 0 Å². The summed E-state index contributed by atoms with van der Waals surface area (Å²) in [5.74, 6) is 0.788. The SMILES string of the molecule is [B]C1O[C@](C)(/C=C/P(=O)(O)O)C(OI)C1OCC. The molecule has 0 amide bonds. The quantitative estimate of drug-likeness (QED) is 0.417. The van der Waals surface area contributed by atoms with E-state index in [1.165, 1.54) is 6.08 Å². The average molecular weight is 388 g/mol. The van der Waals surface area contributed by atoms with Gasteiger partial charge in [-0.05, 0) is 19.9 Å². The molecule has 0 aliphatic carbocycles. The molecular weight excluding hydrogens is 373 g/mol. The Morgan fingerprint density at radius 1 is 1.61 bits per heavy atom. The molecule has 6 nitrogen and oxygen atoms in total. The summed E-state index contributed by atoms with van der Waals surface area (Å²) >= 11 is 1.70. The van der Waals surface area contributed by atoms with Gasteiger partial charge in [-0.1, -0.05) is 0 Å². The largest absolute Gasteiger partial charge is 0.374 e. The zero-order valence-electron chi connectivity index (χ0n) is 10.0. The molecule has 2 N–H and O–H groups in total. The summed E-state index contributed by atoms with van der Waals surface area (Å²) in [6, 6.07) is -0.712. The maximum absolute atomic E-state index is 10.9. The van der Waals surface area contributed by atoms with Gasteiger partial charge >= 0.3 is 7.60 Å². The van der Waals surface area contributed by atoms with E-state index in [1.54, 1.807) is 29.9 Å². The Hall–Kier alpha value is 0.565. The van der Waals surface area contributed by atoms with Crippen molar-refractivity contribution in [2.75, 3.05) is 6.61 Å². The maximum Gasteiger partial charge on any atom is 0.348 e. The average Bonchev–Trinajstić information content (AvgIpc) is 2.48. The van der Waals surface area contributed by atoms with Gasteiger partial charge in [0, 0.05) is 18.4 Å². The Bertz CT molecular complexity index is 361. The molecule has 1 saturated heterocycles. The fraction of sp³-hybridized carbons (Fsp3) is 0.778. The van der Waals surface area contributed by atoms with Gasteiger partial charge in [0.15, 0.2) is 0 Å². The molecule has 1 rings (SSSR count). The third kappa shape index (κ3) is 4.03. The van der Waals surface area contributed by atoms with E-state index in [9.17, 15) is 4.57 Å². The lowest BCUT2D eigenvalue weighted by atomic mass is 9.90. The van der Waals surface area contributed by atoms with E-state index in [1.807, 2.05) is 6.92 Å². The Kier molecular flexibility index (Phi) is 5.86. The van der Waals surface area contributed by atoms with Crippen molar-refractivity contribution in [1.82, 2.24) is 0 Å². The van der Waals surface area contributed by atoms with Gasteiger partial charge in [-0.25, -0.2) is 0 Å². The van der Waals surface area contributed by atoms with E-state index >= 15 is 0 Å². The summed E-state index contributed by atoms with van der Waals surface area (Å²) in [5, 5.41) is 0. The minimum absolute atomic E-state index is 0.441. The normalized spacial score (nSPS) is 37.5. The van der Waals surface area contributed by atoms with Crippen LogP contribution in [0.1, 0.15) is 13.8 Å². The van der Waals surface area contributed by atoms with Gasteiger partial charge in [0.1, 0.15) is 48.7 Å². The molecule has 0 spiro atoms. The van der Waals surface area contributed by atoms with Crippen LogP contribution < -0.4 is 0 Å². The second-order valence-electron chi connectivity index (χ2n) is 4.10. The number of hydrogen-bond acceptors (Lipinski definition) is 4. The van der Waals surface area contributed by atoms with Crippen LogP contribution in [0.15, 0.2) is 11.9 Å². The molecule has 0 bridgehead atoms. The third-order valence-electron chi connectivity index (χ3n) is 2.63. The molecule has 1 aliphatic heterocycles. The summed E-state index contributed by atoms with van der Waals surface area (Å²) in [6.45, 7) is 3.90. The van der Waals surface area contributed by atoms with Gasteiger partial charge in [-0.2, -0.15) is 0 Å². The molecule has 0 aromatic carbocycles. The minimum atomic E-state index is -4.25. The van der Waals surface area contributed by atoms with E-state index in [0.717, 1.165) is 5.82 Å². The van der Waals surface area contributed by atoms with Crippen LogP contribution in [0.2, 0.25) is 0 Å². The van der Waals surface area contributed by atoms with Crippen molar-refractivity contribution in [2.24, 2.45) is 0 Å². The van der Waals surface area contributed by atoms with Crippen molar-refractivity contribution in [1.29, 1.82) is 0 Å². The molecule has 1 aliphatic rings. The van der Waals surface area contributed by atoms with Crippen LogP contribution >= 0.6 is 30.6 Å². The minimum Gasteiger partial charge on any atom is -0.374 e. The van der Waals surface area contributed by atoms with Crippen molar-refractivity contribution in [3.8, 4) is 0 Å². The molecule has 1 heterocycles. The van der Waals surface area contributed by atoms with Gasteiger partial charge in [-0.15, -0.1) is 0 Å². The maximum atomic E-state index is 10.9. The zero-order chi connectivity index (χ0) is 14.0. The first-order chi connectivity index (χ1) is 8.23. The summed E-state index contributed by atoms with van der Waals surface area (Å²) in [4.78, 5) is 17.7. The van der Waals surface area contributed by atoms with Crippen LogP contribution in [0.25, 0.3) is 0 Å². The van der Waals surface area contributed by atoms with Gasteiger partial charge in [0.25, 0.3) is 0 Å². The summed E-state index contributed by atoms with van der Waals surface area (Å²) in [7, 11) is 1.53. The second-order valence-corrected chi connectivity index (χ2v) is 6.09. The van der Waals surface area contributed by atoms with Gasteiger partial charge in [0.05, 0.1) is 0 Å². The summed E-state index contributed by atoms with van der Waals surface area (Å²) in [5.41, 5.74) is -1.04. The molecule has 9 heteroatoms. The van der Waals surface area contributed by atoms with E-state index in [0.29, 0.717) is 6.61 Å². The fourth-order valence-electron chi connectivity index (χ4n) is 1.82. The van der Waals surface area contributed by atoms with Crippen molar-refractivity contribution >= 4 is 38.4 Å². The van der Waals surface area contributed by atoms with E-state index in [4.69, 9.17) is 30.2 Å². The van der Waals surface area contributed by atoms with Crippen molar-refractivity contribution < 1.29 is 26.9 Å². The highest BCUT2D eigenvalue weighted by Crippen LogP contribution is 2.41. The van der Waals surface area contributed by atoms with Gasteiger partial charge in [0.2, 0.25) is 0 Å². The number of rotatable bonds is 5. The van der Waals surface area contributed by atoms with Crippen LogP contribution in [0.5, 0.6) is 0 Å². The molecule has 4 atom stereocenters. The first kappa shape index (κ1) is 16.6. The Balaban J connectivity index is 2.94. The zero-order valence-corrected chi connectivity index (χ0v) is 13.1. The lowest BCUT2D eigenvalue weighted by Crippen LogP contribution is -2.41. The monoisotopic (exact) mass is 388 g/mol. The van der Waals surface area contributed by atoms with Crippen LogP contribution in [0.3, 0.4) is 0 Å². The van der Waals surface area contributed by atoms with Gasteiger partial charge < -0.3 is 22.3 Å². The lowest BCUT2D eigenvalue weighted by Gasteiger charge is -2.27. The van der Waals surface area contributed by atoms with Crippen molar-refractivity contribution in [3.05, 3.63) is 11.9 Å². The first-order valence-electron chi connectivity index (χ1n) is 5.31. The Morgan fingerprint density at radius 2 is 2.22 bits per heavy atom. The number of halogens is 1. The van der Waals surface area contributed by atoms with E-state index < -0.39 is 31.4 Å². The molecule has 0 aromatic heterocycles. The predicted molar refractivity (Wildman–Crippen MR) is 74.5 cm³/mol. The smallest absolute Gasteiger partial charge is 0.348 e. The lowest BCUT2D eigenvalue weighted by molar-refractivity contribution is 0.00442. The van der Waals surface area contributed by atoms with E-state index in [2.05, 4.69) is 0 Å². The summed E-state index contributed by atoms with van der Waals surface area (Å²) in [6.07, 6.45) is 0.241. The molecule has 18 heavy (non-hydrogen) atoms. The van der Waals surface area contributed by atoms with Crippen LogP contribution in [0.4, 0.5) is 0 Å². The van der Waals surface area contributed by atoms with Crippen molar-refractivity contribution in [3.63, 3.8) is 0 Å². The van der Waals surface area contributed by atoms with Crippen LogP contribution in [-0.2, 0) is 17.1 Å². The Morgan fingerprint density at radius 3 is 2.67 bits per heavy atom. The summed E-state index contributed by atoms with van der Waals surface area (Å²) < 4.78 is 27.1.